The lowest BCUT2D eigenvalue weighted by atomic mass is 10.1. The van der Waals surface area contributed by atoms with Gasteiger partial charge in [-0.25, -0.2) is 0 Å². The van der Waals surface area contributed by atoms with E-state index in [-0.39, 0.29) is 5.56 Å². The summed E-state index contributed by atoms with van der Waals surface area (Å²) < 4.78 is 10.2. The quantitative estimate of drug-likeness (QED) is 0.735. The van der Waals surface area contributed by atoms with Gasteiger partial charge in [-0.2, -0.15) is 0 Å². The van der Waals surface area contributed by atoms with Crippen LogP contribution < -0.4 is 15.8 Å². The lowest BCUT2D eigenvalue weighted by Gasteiger charge is -2.15. The average molecular weight is 342 g/mol. The van der Waals surface area contributed by atoms with E-state index in [2.05, 4.69) is 5.32 Å². The van der Waals surface area contributed by atoms with Crippen molar-refractivity contribution in [3.63, 3.8) is 0 Å². The second-order valence-corrected chi connectivity index (χ2v) is 5.07. The molecule has 0 aromatic heterocycles. The molecule has 25 heavy (non-hydrogen) atoms. The summed E-state index contributed by atoms with van der Waals surface area (Å²) in [6.45, 7) is -0.409. The molecule has 1 atom stereocenters. The number of ether oxygens (including phenoxy) is 2. The Labute approximate surface area is 144 Å². The standard InChI is InChI=1S/C18H18N2O5/c1-24-14-10-6-5-9-13(14)18(23)20-11-15(21)25-16(17(19)22)12-7-3-2-4-8-12/h2-10,16H,11H2,1H3,(H2,19,22)(H,20,23). The average Bonchev–Trinajstić information content (AvgIpc) is 2.64. The summed E-state index contributed by atoms with van der Waals surface area (Å²) in [7, 11) is 1.44. The van der Waals surface area contributed by atoms with Crippen molar-refractivity contribution in [2.75, 3.05) is 13.7 Å². The lowest BCUT2D eigenvalue weighted by Crippen LogP contribution is -2.34. The molecule has 0 heterocycles. The van der Waals surface area contributed by atoms with Gasteiger partial charge in [0.15, 0.2) is 0 Å². The molecule has 130 valence electrons. The van der Waals surface area contributed by atoms with E-state index in [4.69, 9.17) is 15.2 Å². The fourth-order valence-electron chi connectivity index (χ4n) is 2.17. The maximum Gasteiger partial charge on any atom is 0.326 e. The van der Waals surface area contributed by atoms with Gasteiger partial charge in [0.2, 0.25) is 6.10 Å². The van der Waals surface area contributed by atoms with Crippen LogP contribution in [0.15, 0.2) is 54.6 Å². The Morgan fingerprint density at radius 3 is 2.32 bits per heavy atom. The molecule has 0 saturated carbocycles. The number of rotatable bonds is 7. The molecule has 2 amide bonds. The summed E-state index contributed by atoms with van der Waals surface area (Å²) in [4.78, 5) is 35.6. The minimum atomic E-state index is -1.21. The van der Waals surface area contributed by atoms with Gasteiger partial charge in [0.05, 0.1) is 12.7 Å². The third-order valence-corrected chi connectivity index (χ3v) is 3.35. The molecule has 2 rings (SSSR count). The summed E-state index contributed by atoms with van der Waals surface area (Å²) in [5.41, 5.74) is 6.02. The Kier molecular flexibility index (Phi) is 6.11. The largest absolute Gasteiger partial charge is 0.496 e. The van der Waals surface area contributed by atoms with Crippen LogP contribution >= 0.6 is 0 Å². The van der Waals surface area contributed by atoms with E-state index in [0.29, 0.717) is 11.3 Å². The predicted molar refractivity (Wildman–Crippen MR) is 89.8 cm³/mol. The van der Waals surface area contributed by atoms with Crippen LogP contribution in [-0.4, -0.2) is 31.4 Å². The van der Waals surface area contributed by atoms with Crippen molar-refractivity contribution >= 4 is 17.8 Å². The number of nitrogens with one attached hydrogen (secondary N) is 1. The van der Waals surface area contributed by atoms with Crippen molar-refractivity contribution in [1.29, 1.82) is 0 Å². The first kappa shape index (κ1) is 18.0. The molecule has 3 N–H and O–H groups in total. The molecule has 0 spiro atoms. The number of hydrogen-bond donors (Lipinski definition) is 2. The smallest absolute Gasteiger partial charge is 0.326 e. The normalized spacial score (nSPS) is 11.2. The van der Waals surface area contributed by atoms with Crippen molar-refractivity contribution in [3.05, 3.63) is 65.7 Å². The fraction of sp³-hybridized carbons (Fsp3) is 0.167. The van der Waals surface area contributed by atoms with Gasteiger partial charge in [-0.05, 0) is 12.1 Å². The molecule has 0 saturated heterocycles. The molecule has 0 fully saturated rings. The molecule has 0 aliphatic heterocycles. The zero-order valence-corrected chi connectivity index (χ0v) is 13.6. The zero-order chi connectivity index (χ0) is 18.2. The first-order valence-electron chi connectivity index (χ1n) is 7.48. The zero-order valence-electron chi connectivity index (χ0n) is 13.6. The minimum Gasteiger partial charge on any atom is -0.496 e. The van der Waals surface area contributed by atoms with Crippen LogP contribution in [0.4, 0.5) is 0 Å². The Hall–Kier alpha value is -3.35. The molecule has 1 unspecified atom stereocenters. The number of hydrogen-bond acceptors (Lipinski definition) is 5. The monoisotopic (exact) mass is 342 g/mol. The predicted octanol–water partition coefficient (Wildman–Crippen LogP) is 1.19. The topological polar surface area (TPSA) is 108 Å². The second-order valence-electron chi connectivity index (χ2n) is 5.07. The third-order valence-electron chi connectivity index (χ3n) is 3.35. The van der Waals surface area contributed by atoms with Gasteiger partial charge in [-0.15, -0.1) is 0 Å². The molecule has 0 aliphatic rings. The number of carbonyl (C=O) groups is 3. The van der Waals surface area contributed by atoms with E-state index < -0.39 is 30.4 Å². The van der Waals surface area contributed by atoms with Crippen LogP contribution in [-0.2, 0) is 14.3 Å². The van der Waals surface area contributed by atoms with Gasteiger partial charge in [0.25, 0.3) is 11.8 Å². The molecule has 2 aromatic rings. The van der Waals surface area contributed by atoms with Crippen LogP contribution in [0.25, 0.3) is 0 Å². The van der Waals surface area contributed by atoms with Crippen LogP contribution in [0.3, 0.4) is 0 Å². The van der Waals surface area contributed by atoms with Crippen molar-refractivity contribution in [3.8, 4) is 5.75 Å². The number of amides is 2. The molecule has 2 aromatic carbocycles. The Bertz CT molecular complexity index is 761. The molecule has 0 aliphatic carbocycles. The molecule has 0 radical (unpaired) electrons. The van der Waals surface area contributed by atoms with Crippen LogP contribution in [0.2, 0.25) is 0 Å². The maximum atomic E-state index is 12.1. The van der Waals surface area contributed by atoms with Gasteiger partial charge >= 0.3 is 5.97 Å². The van der Waals surface area contributed by atoms with Crippen molar-refractivity contribution in [2.24, 2.45) is 5.73 Å². The highest BCUT2D eigenvalue weighted by Gasteiger charge is 2.23. The highest BCUT2D eigenvalue weighted by atomic mass is 16.5. The number of para-hydroxylation sites is 1. The second kappa shape index (κ2) is 8.49. The van der Waals surface area contributed by atoms with Gasteiger partial charge < -0.3 is 20.5 Å². The van der Waals surface area contributed by atoms with E-state index in [0.717, 1.165) is 0 Å². The van der Waals surface area contributed by atoms with Gasteiger partial charge in [0, 0.05) is 5.56 Å². The summed E-state index contributed by atoms with van der Waals surface area (Å²) in [6.07, 6.45) is -1.21. The van der Waals surface area contributed by atoms with Crippen molar-refractivity contribution in [2.45, 2.75) is 6.10 Å². The van der Waals surface area contributed by atoms with Gasteiger partial charge in [-0.1, -0.05) is 42.5 Å². The third kappa shape index (κ3) is 4.81. The molecule has 0 bridgehead atoms. The number of esters is 1. The number of benzene rings is 2. The minimum absolute atomic E-state index is 0.285. The number of methoxy groups -OCH3 is 1. The lowest BCUT2D eigenvalue weighted by molar-refractivity contribution is -0.154. The summed E-state index contributed by atoms with van der Waals surface area (Å²) in [5.74, 6) is -1.69. The van der Waals surface area contributed by atoms with E-state index in [1.165, 1.54) is 7.11 Å². The fourth-order valence-corrected chi connectivity index (χ4v) is 2.17. The molecular weight excluding hydrogens is 324 g/mol. The first-order chi connectivity index (χ1) is 12.0. The molecule has 7 heteroatoms. The highest BCUT2D eigenvalue weighted by molar-refractivity contribution is 5.98. The van der Waals surface area contributed by atoms with Crippen LogP contribution in [0.1, 0.15) is 22.0 Å². The maximum absolute atomic E-state index is 12.1. The van der Waals surface area contributed by atoms with Gasteiger partial charge in [0.1, 0.15) is 12.3 Å². The summed E-state index contributed by atoms with van der Waals surface area (Å²) in [6, 6.07) is 15.0. The van der Waals surface area contributed by atoms with E-state index >= 15 is 0 Å². The van der Waals surface area contributed by atoms with E-state index in [9.17, 15) is 14.4 Å². The van der Waals surface area contributed by atoms with E-state index in [1.54, 1.807) is 54.6 Å². The molecule has 7 nitrogen and oxygen atoms in total. The summed E-state index contributed by atoms with van der Waals surface area (Å²) >= 11 is 0. The number of nitrogens with two attached hydrogens (primary N) is 1. The number of primary amides is 1. The Morgan fingerprint density at radius 1 is 1.04 bits per heavy atom. The highest BCUT2D eigenvalue weighted by Crippen LogP contribution is 2.18. The van der Waals surface area contributed by atoms with Crippen LogP contribution in [0.5, 0.6) is 5.75 Å². The van der Waals surface area contributed by atoms with Crippen molar-refractivity contribution in [1.82, 2.24) is 5.32 Å². The summed E-state index contributed by atoms with van der Waals surface area (Å²) in [5, 5.41) is 2.42. The molecular formula is C18H18N2O5. The Morgan fingerprint density at radius 2 is 1.68 bits per heavy atom. The number of carbonyl (C=O) groups excluding carboxylic acids is 3. The van der Waals surface area contributed by atoms with Crippen LogP contribution in [0, 0.1) is 0 Å². The first-order valence-corrected chi connectivity index (χ1v) is 7.48. The Balaban J connectivity index is 1.97. The van der Waals surface area contributed by atoms with E-state index in [1.807, 2.05) is 0 Å². The SMILES string of the molecule is COc1ccccc1C(=O)NCC(=O)OC(C(N)=O)c1ccccc1. The van der Waals surface area contributed by atoms with Crippen molar-refractivity contribution < 1.29 is 23.9 Å². The van der Waals surface area contributed by atoms with Gasteiger partial charge in [-0.3, -0.25) is 14.4 Å².